The lowest BCUT2D eigenvalue weighted by Crippen LogP contribution is -2.60. The number of hydrogen-bond acceptors (Lipinski definition) is 3. The number of carboxylic acids is 1. The maximum atomic E-state index is 11.8. The molecule has 0 aromatic carbocycles. The minimum absolute atomic E-state index is 0.214. The van der Waals surface area contributed by atoms with E-state index in [4.69, 9.17) is 0 Å². The van der Waals surface area contributed by atoms with Gasteiger partial charge in [-0.15, -0.1) is 0 Å². The standard InChI is InChI=1S/C16H30N2O2/c1-12(2)17-16(15(19)20)8-4-5-14(11-16)18-9-6-13(3)7-10-18/h12-14,17H,4-11H2,1-3H3,(H,19,20). The quantitative estimate of drug-likeness (QED) is 0.832. The molecule has 4 nitrogen and oxygen atoms in total. The number of piperidine rings is 1. The first kappa shape index (κ1) is 15.8. The Labute approximate surface area is 122 Å². The predicted octanol–water partition coefficient (Wildman–Crippen LogP) is 2.48. The summed E-state index contributed by atoms with van der Waals surface area (Å²) in [6.45, 7) is 8.68. The molecule has 2 rings (SSSR count). The van der Waals surface area contributed by atoms with Crippen molar-refractivity contribution in [3.63, 3.8) is 0 Å². The fraction of sp³-hybridized carbons (Fsp3) is 0.938. The Balaban J connectivity index is 2.03. The highest BCUT2D eigenvalue weighted by molar-refractivity contribution is 5.79. The number of carboxylic acid groups (broad SMARTS) is 1. The fourth-order valence-electron chi connectivity index (χ4n) is 3.89. The Morgan fingerprint density at radius 2 is 1.95 bits per heavy atom. The number of aliphatic carboxylic acids is 1. The van der Waals surface area contributed by atoms with Gasteiger partial charge in [0.15, 0.2) is 0 Å². The molecule has 2 unspecified atom stereocenters. The molecule has 2 aliphatic rings. The number of hydrogen-bond donors (Lipinski definition) is 2. The second kappa shape index (κ2) is 6.44. The molecule has 2 fully saturated rings. The van der Waals surface area contributed by atoms with Crippen molar-refractivity contribution in [1.82, 2.24) is 10.2 Å². The van der Waals surface area contributed by atoms with Gasteiger partial charge in [0.2, 0.25) is 0 Å². The molecule has 0 aromatic heterocycles. The highest BCUT2D eigenvalue weighted by Crippen LogP contribution is 2.33. The molecule has 0 spiro atoms. The second-order valence-electron chi connectivity index (χ2n) is 7.15. The van der Waals surface area contributed by atoms with Crippen molar-refractivity contribution < 1.29 is 9.90 Å². The maximum Gasteiger partial charge on any atom is 0.323 e. The summed E-state index contributed by atoms with van der Waals surface area (Å²) in [6.07, 6.45) is 6.21. The lowest BCUT2D eigenvalue weighted by atomic mass is 9.77. The molecule has 1 heterocycles. The average Bonchev–Trinajstić information content (AvgIpc) is 2.39. The number of likely N-dealkylation sites (tertiary alicyclic amines) is 1. The van der Waals surface area contributed by atoms with E-state index in [2.05, 4.69) is 17.1 Å². The van der Waals surface area contributed by atoms with Crippen LogP contribution in [0.25, 0.3) is 0 Å². The van der Waals surface area contributed by atoms with E-state index in [0.29, 0.717) is 6.04 Å². The molecule has 0 radical (unpaired) electrons. The van der Waals surface area contributed by atoms with Crippen LogP contribution in [0.5, 0.6) is 0 Å². The summed E-state index contributed by atoms with van der Waals surface area (Å²) in [5.41, 5.74) is -0.708. The molecule has 1 saturated heterocycles. The van der Waals surface area contributed by atoms with Crippen LogP contribution in [0.3, 0.4) is 0 Å². The van der Waals surface area contributed by atoms with Crippen LogP contribution < -0.4 is 5.32 Å². The Morgan fingerprint density at radius 3 is 2.50 bits per heavy atom. The molecule has 1 aliphatic heterocycles. The van der Waals surface area contributed by atoms with Gasteiger partial charge in [0.25, 0.3) is 0 Å². The summed E-state index contributed by atoms with van der Waals surface area (Å²) in [5, 5.41) is 13.1. The topological polar surface area (TPSA) is 52.6 Å². The maximum absolute atomic E-state index is 11.8. The highest BCUT2D eigenvalue weighted by atomic mass is 16.4. The van der Waals surface area contributed by atoms with Crippen molar-refractivity contribution in [3.05, 3.63) is 0 Å². The molecule has 0 aromatic rings. The van der Waals surface area contributed by atoms with Gasteiger partial charge in [0.1, 0.15) is 5.54 Å². The minimum atomic E-state index is -0.708. The Morgan fingerprint density at radius 1 is 1.30 bits per heavy atom. The Kier molecular flexibility index (Phi) is 5.08. The molecular formula is C16H30N2O2. The van der Waals surface area contributed by atoms with Crippen LogP contribution in [-0.2, 0) is 4.79 Å². The molecule has 2 N–H and O–H groups in total. The number of rotatable bonds is 4. The van der Waals surface area contributed by atoms with Gasteiger partial charge < -0.3 is 10.0 Å². The van der Waals surface area contributed by atoms with Crippen molar-refractivity contribution in [2.45, 2.75) is 76.9 Å². The van der Waals surface area contributed by atoms with Crippen molar-refractivity contribution >= 4 is 5.97 Å². The van der Waals surface area contributed by atoms with Gasteiger partial charge in [-0.25, -0.2) is 0 Å². The van der Waals surface area contributed by atoms with Crippen molar-refractivity contribution in [1.29, 1.82) is 0 Å². The summed E-state index contributed by atoms with van der Waals surface area (Å²) >= 11 is 0. The minimum Gasteiger partial charge on any atom is -0.480 e. The van der Waals surface area contributed by atoms with E-state index in [0.717, 1.165) is 44.7 Å². The lowest BCUT2D eigenvalue weighted by molar-refractivity contribution is -0.148. The summed E-state index contributed by atoms with van der Waals surface area (Å²) < 4.78 is 0. The SMILES string of the molecule is CC1CCN(C2CCCC(NC(C)C)(C(=O)O)C2)CC1. The van der Waals surface area contributed by atoms with Crippen LogP contribution in [0.4, 0.5) is 0 Å². The summed E-state index contributed by atoms with van der Waals surface area (Å²) in [5.74, 6) is 0.161. The third-order valence-electron chi connectivity index (χ3n) is 5.03. The lowest BCUT2D eigenvalue weighted by Gasteiger charge is -2.45. The first-order chi connectivity index (χ1) is 9.43. The van der Waals surface area contributed by atoms with Crippen LogP contribution in [0.2, 0.25) is 0 Å². The third-order valence-corrected chi connectivity index (χ3v) is 5.03. The van der Waals surface area contributed by atoms with E-state index in [-0.39, 0.29) is 6.04 Å². The Bertz CT molecular complexity index is 337. The third kappa shape index (κ3) is 3.53. The molecule has 0 bridgehead atoms. The first-order valence-electron chi connectivity index (χ1n) is 8.18. The molecule has 116 valence electrons. The van der Waals surface area contributed by atoms with Gasteiger partial charge in [-0.1, -0.05) is 6.92 Å². The Hall–Kier alpha value is -0.610. The zero-order valence-electron chi connectivity index (χ0n) is 13.2. The number of nitrogens with one attached hydrogen (secondary N) is 1. The van der Waals surface area contributed by atoms with Gasteiger partial charge in [-0.05, 0) is 71.4 Å². The summed E-state index contributed by atoms with van der Waals surface area (Å²) in [4.78, 5) is 14.4. The van der Waals surface area contributed by atoms with Crippen LogP contribution in [0.15, 0.2) is 0 Å². The van der Waals surface area contributed by atoms with Crippen LogP contribution in [0, 0.1) is 5.92 Å². The molecule has 4 heteroatoms. The summed E-state index contributed by atoms with van der Waals surface area (Å²) in [6, 6.07) is 0.657. The normalized spacial score (nSPS) is 33.5. The van der Waals surface area contributed by atoms with Crippen LogP contribution in [-0.4, -0.2) is 46.7 Å². The number of nitrogens with zero attached hydrogens (tertiary/aromatic N) is 1. The van der Waals surface area contributed by atoms with Crippen molar-refractivity contribution in [3.8, 4) is 0 Å². The van der Waals surface area contributed by atoms with Gasteiger partial charge in [0.05, 0.1) is 0 Å². The average molecular weight is 282 g/mol. The molecule has 1 aliphatic carbocycles. The molecule has 2 atom stereocenters. The van der Waals surface area contributed by atoms with Gasteiger partial charge in [-0.3, -0.25) is 10.1 Å². The van der Waals surface area contributed by atoms with E-state index in [1.807, 2.05) is 13.8 Å². The number of carbonyl (C=O) groups is 1. The van der Waals surface area contributed by atoms with E-state index >= 15 is 0 Å². The van der Waals surface area contributed by atoms with Crippen LogP contribution in [0.1, 0.15) is 59.3 Å². The van der Waals surface area contributed by atoms with E-state index in [1.165, 1.54) is 12.8 Å². The van der Waals surface area contributed by atoms with Crippen molar-refractivity contribution in [2.75, 3.05) is 13.1 Å². The summed E-state index contributed by atoms with van der Waals surface area (Å²) in [7, 11) is 0. The van der Waals surface area contributed by atoms with E-state index < -0.39 is 11.5 Å². The molecule has 1 saturated carbocycles. The first-order valence-corrected chi connectivity index (χ1v) is 8.18. The molecular weight excluding hydrogens is 252 g/mol. The zero-order valence-corrected chi connectivity index (χ0v) is 13.2. The van der Waals surface area contributed by atoms with Gasteiger partial charge in [-0.2, -0.15) is 0 Å². The molecule has 0 amide bonds. The molecule has 20 heavy (non-hydrogen) atoms. The smallest absolute Gasteiger partial charge is 0.323 e. The predicted molar refractivity (Wildman–Crippen MR) is 80.9 cm³/mol. The largest absolute Gasteiger partial charge is 0.480 e. The van der Waals surface area contributed by atoms with E-state index in [9.17, 15) is 9.90 Å². The fourth-order valence-corrected chi connectivity index (χ4v) is 3.89. The highest BCUT2D eigenvalue weighted by Gasteiger charge is 2.44. The van der Waals surface area contributed by atoms with Crippen LogP contribution >= 0.6 is 0 Å². The van der Waals surface area contributed by atoms with E-state index in [1.54, 1.807) is 0 Å². The second-order valence-corrected chi connectivity index (χ2v) is 7.15. The van der Waals surface area contributed by atoms with Gasteiger partial charge >= 0.3 is 5.97 Å². The van der Waals surface area contributed by atoms with Crippen molar-refractivity contribution in [2.24, 2.45) is 5.92 Å². The zero-order chi connectivity index (χ0) is 14.8. The van der Waals surface area contributed by atoms with Gasteiger partial charge in [0, 0.05) is 12.1 Å². The monoisotopic (exact) mass is 282 g/mol.